The molecule has 0 radical (unpaired) electrons. The maximum Gasteiger partial charge on any atom is 0.534 e. The predicted octanol–water partition coefficient (Wildman–Crippen LogP) is 11.2. The smallest absolute Gasteiger partial charge is 0.375 e. The maximum absolute atomic E-state index is 14.0. The average molecular weight is 979 g/mol. The molecule has 0 atom stereocenters. The Hall–Kier alpha value is -6.68. The molecule has 8 bridgehead atoms. The van der Waals surface area contributed by atoms with Crippen LogP contribution in [0.4, 0.5) is 26.3 Å². The largest absolute Gasteiger partial charge is 0.534 e. The van der Waals surface area contributed by atoms with E-state index in [1.165, 1.54) is 0 Å². The first-order chi connectivity index (χ1) is 31.3. The Bertz CT molecular complexity index is 3720. The molecule has 0 aliphatic carbocycles. The minimum atomic E-state index is -6.49. The van der Waals surface area contributed by atoms with E-state index < -0.39 is 76.4 Å². The minimum absolute atomic E-state index is 0.0553. The first-order valence-electron chi connectivity index (χ1n) is 20.8. The highest BCUT2D eigenvalue weighted by Gasteiger charge is 2.51. The van der Waals surface area contributed by atoms with E-state index in [9.17, 15) is 43.2 Å². The van der Waals surface area contributed by atoms with Gasteiger partial charge in [-0.05, 0) is 63.3 Å². The predicted molar refractivity (Wildman–Crippen MR) is 243 cm³/mol. The van der Waals surface area contributed by atoms with Crippen molar-refractivity contribution in [3.05, 3.63) is 83.4 Å². The highest BCUT2D eigenvalue weighted by atomic mass is 32.2. The summed E-state index contributed by atoms with van der Waals surface area (Å²) in [6.45, 7) is 18.0. The van der Waals surface area contributed by atoms with Crippen molar-refractivity contribution in [3.63, 3.8) is 0 Å². The first kappa shape index (κ1) is 46.4. The molecule has 2 N–H and O–H groups in total. The molecule has 2 aliphatic rings. The molecule has 22 heteroatoms. The fourth-order valence-corrected chi connectivity index (χ4v) is 8.67. The highest BCUT2D eigenvalue weighted by molar-refractivity contribution is 7.88. The second kappa shape index (κ2) is 14.9. The molecule has 7 aromatic rings. The number of rotatable bonds is 4. The van der Waals surface area contributed by atoms with Crippen LogP contribution in [-0.4, -0.2) is 67.7 Å². The third-order valence-electron chi connectivity index (χ3n) is 11.5. The van der Waals surface area contributed by atoms with Gasteiger partial charge in [0.25, 0.3) is 0 Å². The molecule has 0 saturated carbocycles. The Morgan fingerprint density at radius 2 is 0.750 bits per heavy atom. The fourth-order valence-electron chi connectivity index (χ4n) is 7.73. The van der Waals surface area contributed by atoms with Crippen LogP contribution in [0.2, 0.25) is 0 Å². The third-order valence-corrected chi connectivity index (χ3v) is 13.4. The molecule has 0 amide bonds. The lowest BCUT2D eigenvalue weighted by molar-refractivity contribution is -0.0505. The number of nitrogens with zero attached hydrogens (tertiary/aromatic N) is 6. The quantitative estimate of drug-likeness (QED) is 0.0963. The van der Waals surface area contributed by atoms with Crippen LogP contribution in [0, 0.1) is 0 Å². The van der Waals surface area contributed by atoms with Crippen molar-refractivity contribution < 1.29 is 51.5 Å². The fraction of sp³-hybridized carbons (Fsp3) is 0.304. The van der Waals surface area contributed by atoms with Crippen molar-refractivity contribution in [2.24, 2.45) is 0 Å². The number of H-pyrrole nitrogens is 2. The number of alkyl halides is 6. The molecule has 9 rings (SSSR count). The van der Waals surface area contributed by atoms with Gasteiger partial charge in [0.1, 0.15) is 22.6 Å². The molecule has 0 saturated heterocycles. The molecule has 4 aromatic carbocycles. The van der Waals surface area contributed by atoms with E-state index in [4.69, 9.17) is 15.0 Å². The summed E-state index contributed by atoms with van der Waals surface area (Å²) in [5.41, 5.74) is -10.6. The van der Waals surface area contributed by atoms with E-state index in [-0.39, 0.29) is 39.7 Å². The number of nitrogens with one attached hydrogen (secondary N) is 2. The monoisotopic (exact) mass is 978 g/mol. The Labute approximate surface area is 384 Å². The van der Waals surface area contributed by atoms with Gasteiger partial charge in [-0.15, -0.1) is 0 Å². The Balaban J connectivity index is 1.50. The SMILES string of the molecule is CC(C)(C)c1ccc2c(c1)-c1nc-2nc2[nH]c(nc3nc(nc4[nH]c(n1)c1ccc(C(C)(C)C)cc41)-c1c(OS(=O)(=O)C(F)(F)F)ccc(OS(=O)(=O)C(F)(F)F)c1-3)c1ccc(C(C)(C)C)cc21. The molecule has 68 heavy (non-hydrogen) atoms. The molecule has 354 valence electrons. The summed E-state index contributed by atoms with van der Waals surface area (Å²) in [4.78, 5) is 35.1. The lowest BCUT2D eigenvalue weighted by Gasteiger charge is -2.19. The van der Waals surface area contributed by atoms with Gasteiger partial charge in [-0.1, -0.05) is 98.7 Å². The van der Waals surface area contributed by atoms with Gasteiger partial charge in [-0.25, -0.2) is 29.9 Å². The average Bonchev–Trinajstić information content (AvgIpc) is 3.95. The van der Waals surface area contributed by atoms with E-state index in [0.717, 1.165) is 16.7 Å². The van der Waals surface area contributed by atoms with Crippen LogP contribution in [0.15, 0.2) is 66.7 Å². The molecular formula is C46H40F6N8O6S2. The minimum Gasteiger partial charge on any atom is -0.375 e. The summed E-state index contributed by atoms with van der Waals surface area (Å²) < 4.78 is 143. The van der Waals surface area contributed by atoms with Gasteiger partial charge in [0, 0.05) is 32.7 Å². The summed E-state index contributed by atoms with van der Waals surface area (Å²) >= 11 is 0. The Morgan fingerprint density at radius 1 is 0.412 bits per heavy atom. The van der Waals surface area contributed by atoms with E-state index in [1.807, 2.05) is 71.9 Å². The zero-order valence-corrected chi connectivity index (χ0v) is 39.2. The molecule has 0 fully saturated rings. The first-order valence-corrected chi connectivity index (χ1v) is 23.6. The molecular weight excluding hydrogens is 939 g/mol. The number of aromatic amines is 2. The lowest BCUT2D eigenvalue weighted by Crippen LogP contribution is -2.29. The second-order valence-electron chi connectivity index (χ2n) is 19.4. The topological polar surface area (TPSA) is 196 Å². The Kier molecular flexibility index (Phi) is 10.2. The lowest BCUT2D eigenvalue weighted by atomic mass is 9.85. The second-order valence-corrected chi connectivity index (χ2v) is 22.5. The normalized spacial score (nSPS) is 13.8. The van der Waals surface area contributed by atoms with Crippen molar-refractivity contribution in [3.8, 4) is 57.1 Å². The van der Waals surface area contributed by atoms with Gasteiger partial charge in [-0.2, -0.15) is 43.2 Å². The number of fused-ring (bicyclic) bond motifs is 20. The standard InChI is InChI=1S/C46H40F6N8O6S2/c1-42(2,3)21-10-13-24-27(18-21)37-53-34(24)54-38-28-19-22(43(4,5)6)12-15-26(28)36(57-38)58-40-32-30(65-67(61,62)45(47,48)49)16-17-31(66-68(63,64)46(50,51)52)33(32)41(60-40)59-39-29-20-23(44(7,8)9)11-14-25(29)35(55-37)56-39/h10-20H,1-9H3,(H2,53,54,55,56,57,58,59,60). The molecule has 5 heterocycles. The summed E-state index contributed by atoms with van der Waals surface area (Å²) in [5.74, 6) is -3.11. The van der Waals surface area contributed by atoms with E-state index in [1.54, 1.807) is 24.3 Å². The van der Waals surface area contributed by atoms with Gasteiger partial charge < -0.3 is 18.3 Å². The summed E-state index contributed by atoms with van der Waals surface area (Å²) in [7, 11) is -13.0. The van der Waals surface area contributed by atoms with Crippen molar-refractivity contribution in [2.75, 3.05) is 0 Å². The van der Waals surface area contributed by atoms with Crippen molar-refractivity contribution in [1.82, 2.24) is 39.9 Å². The number of hydrogen-bond donors (Lipinski definition) is 2. The Morgan fingerprint density at radius 3 is 1.15 bits per heavy atom. The van der Waals surface area contributed by atoms with Gasteiger partial charge in [0.05, 0.1) is 11.1 Å². The summed E-state index contributed by atoms with van der Waals surface area (Å²) in [6.07, 6.45) is 0. The zero-order valence-electron chi connectivity index (χ0n) is 37.6. The molecule has 0 unspecified atom stereocenters. The van der Waals surface area contributed by atoms with Crippen LogP contribution >= 0.6 is 0 Å². The summed E-state index contributed by atoms with van der Waals surface area (Å²) in [5, 5.41) is 1.68. The van der Waals surface area contributed by atoms with Crippen LogP contribution in [0.1, 0.15) is 79.0 Å². The number of benzene rings is 4. The van der Waals surface area contributed by atoms with Crippen LogP contribution in [0.25, 0.3) is 89.7 Å². The van der Waals surface area contributed by atoms with Crippen LogP contribution < -0.4 is 8.37 Å². The van der Waals surface area contributed by atoms with Gasteiger partial charge in [0.2, 0.25) is 0 Å². The number of hydrogen-bond acceptors (Lipinski definition) is 12. The van der Waals surface area contributed by atoms with Gasteiger partial charge in [-0.3, -0.25) is 0 Å². The highest BCUT2D eigenvalue weighted by Crippen LogP contribution is 2.49. The molecule has 2 aliphatic heterocycles. The number of aromatic nitrogens is 8. The van der Waals surface area contributed by atoms with Crippen LogP contribution in [0.5, 0.6) is 11.5 Å². The number of halogens is 6. The van der Waals surface area contributed by atoms with Crippen molar-refractivity contribution in [1.29, 1.82) is 0 Å². The van der Waals surface area contributed by atoms with Crippen molar-refractivity contribution >= 4 is 64.4 Å². The van der Waals surface area contributed by atoms with Gasteiger partial charge in [0.15, 0.2) is 34.8 Å². The third kappa shape index (κ3) is 7.95. The van der Waals surface area contributed by atoms with Crippen LogP contribution in [0.3, 0.4) is 0 Å². The summed E-state index contributed by atoms with van der Waals surface area (Å²) in [6, 6.07) is 17.6. The van der Waals surface area contributed by atoms with E-state index >= 15 is 0 Å². The maximum atomic E-state index is 14.0. The van der Waals surface area contributed by atoms with E-state index in [2.05, 4.69) is 54.1 Å². The van der Waals surface area contributed by atoms with Crippen LogP contribution in [-0.2, 0) is 36.5 Å². The molecule has 3 aromatic heterocycles. The van der Waals surface area contributed by atoms with Crippen molar-refractivity contribution in [2.45, 2.75) is 89.6 Å². The zero-order chi connectivity index (χ0) is 49.5. The van der Waals surface area contributed by atoms with E-state index in [0.29, 0.717) is 44.8 Å². The molecule has 0 spiro atoms. The molecule has 14 nitrogen and oxygen atoms in total. The van der Waals surface area contributed by atoms with Gasteiger partial charge >= 0.3 is 31.3 Å².